The number of benzene rings is 1. The van der Waals surface area contributed by atoms with Gasteiger partial charge in [0.05, 0.1) is 24.6 Å². The fourth-order valence-electron chi connectivity index (χ4n) is 2.75. The summed E-state index contributed by atoms with van der Waals surface area (Å²) < 4.78 is 7.06. The molecule has 128 valence electrons. The molecule has 2 aromatic rings. The number of methoxy groups -OCH3 is 1. The van der Waals surface area contributed by atoms with Crippen molar-refractivity contribution in [3.05, 3.63) is 23.2 Å². The Hall–Kier alpha value is -1.80. The molecule has 7 nitrogen and oxygen atoms in total. The van der Waals surface area contributed by atoms with E-state index in [1.54, 1.807) is 25.3 Å². The third-order valence-corrected chi connectivity index (χ3v) is 5.07. The van der Waals surface area contributed by atoms with Gasteiger partial charge in [-0.25, -0.2) is 4.68 Å². The van der Waals surface area contributed by atoms with Gasteiger partial charge in [0.25, 0.3) is 0 Å². The van der Waals surface area contributed by atoms with E-state index in [0.29, 0.717) is 27.7 Å². The molecular weight excluding hydrogens is 350 g/mol. The smallest absolute Gasteiger partial charge is 0.234 e. The summed E-state index contributed by atoms with van der Waals surface area (Å²) >= 11 is 7.29. The number of hydrogen-bond acceptors (Lipinski definition) is 6. The normalized spacial score (nSPS) is 14.8. The first-order valence-electron chi connectivity index (χ1n) is 7.71. The minimum absolute atomic E-state index is 0.165. The Morgan fingerprint density at radius 2 is 2.25 bits per heavy atom. The summed E-state index contributed by atoms with van der Waals surface area (Å²) in [5.74, 6) is 0.609. The number of amides is 1. The summed E-state index contributed by atoms with van der Waals surface area (Å²) in [6.07, 6.45) is 4.57. The van der Waals surface area contributed by atoms with Crippen LogP contribution < -0.4 is 10.1 Å². The molecule has 0 radical (unpaired) electrons. The molecule has 1 heterocycles. The number of ether oxygens (including phenoxy) is 1. The highest BCUT2D eigenvalue weighted by Crippen LogP contribution is 2.32. The van der Waals surface area contributed by atoms with Crippen molar-refractivity contribution in [1.82, 2.24) is 20.2 Å². The first-order chi connectivity index (χ1) is 11.7. The Morgan fingerprint density at radius 3 is 3.00 bits per heavy atom. The van der Waals surface area contributed by atoms with Crippen LogP contribution in [0, 0.1) is 0 Å². The number of rotatable bonds is 6. The van der Waals surface area contributed by atoms with E-state index in [2.05, 4.69) is 20.8 Å². The van der Waals surface area contributed by atoms with Gasteiger partial charge in [0.1, 0.15) is 5.75 Å². The molecule has 1 saturated carbocycles. The largest absolute Gasteiger partial charge is 0.495 e. The van der Waals surface area contributed by atoms with Crippen molar-refractivity contribution < 1.29 is 9.53 Å². The van der Waals surface area contributed by atoms with Gasteiger partial charge in [-0.05, 0) is 41.5 Å². The zero-order valence-corrected chi connectivity index (χ0v) is 14.8. The van der Waals surface area contributed by atoms with Crippen molar-refractivity contribution >= 4 is 35.0 Å². The molecule has 1 fully saturated rings. The van der Waals surface area contributed by atoms with Gasteiger partial charge in [0.15, 0.2) is 0 Å². The van der Waals surface area contributed by atoms with Crippen LogP contribution in [0.2, 0.25) is 5.02 Å². The van der Waals surface area contributed by atoms with E-state index >= 15 is 0 Å². The monoisotopic (exact) mass is 367 g/mol. The maximum Gasteiger partial charge on any atom is 0.234 e. The number of nitrogens with one attached hydrogen (secondary N) is 1. The predicted octanol–water partition coefficient (Wildman–Crippen LogP) is 3.18. The van der Waals surface area contributed by atoms with Crippen LogP contribution >= 0.6 is 23.4 Å². The molecule has 1 amide bonds. The Labute approximate surface area is 149 Å². The van der Waals surface area contributed by atoms with Crippen LogP contribution in [0.3, 0.4) is 0 Å². The third-order valence-electron chi connectivity index (χ3n) is 3.90. The molecule has 1 aromatic heterocycles. The molecular formula is C15H18ClN5O2S. The number of carbonyl (C=O) groups excluding carboxylic acids is 1. The predicted molar refractivity (Wildman–Crippen MR) is 92.7 cm³/mol. The van der Waals surface area contributed by atoms with Crippen molar-refractivity contribution in [3.8, 4) is 5.75 Å². The van der Waals surface area contributed by atoms with Crippen LogP contribution in [0.25, 0.3) is 0 Å². The highest BCUT2D eigenvalue weighted by atomic mass is 35.5. The standard InChI is InChI=1S/C15H18ClN5O2S/c1-23-13-7-6-10(16)8-12(13)17-14(22)9-24-15-18-19-20-21(15)11-4-2-3-5-11/h6-8,11H,2-5,9H2,1H3,(H,17,22). The molecule has 0 bridgehead atoms. The van der Waals surface area contributed by atoms with E-state index in [1.165, 1.54) is 24.6 Å². The van der Waals surface area contributed by atoms with Crippen molar-refractivity contribution in [3.63, 3.8) is 0 Å². The molecule has 1 aromatic carbocycles. The van der Waals surface area contributed by atoms with Crippen LogP contribution in [-0.4, -0.2) is 39.0 Å². The fourth-order valence-corrected chi connectivity index (χ4v) is 3.67. The van der Waals surface area contributed by atoms with Crippen molar-refractivity contribution in [2.75, 3.05) is 18.2 Å². The van der Waals surface area contributed by atoms with Crippen molar-refractivity contribution in [2.24, 2.45) is 0 Å². The number of aromatic nitrogens is 4. The molecule has 0 saturated heterocycles. The van der Waals surface area contributed by atoms with Crippen LogP contribution in [0.4, 0.5) is 5.69 Å². The zero-order chi connectivity index (χ0) is 16.9. The van der Waals surface area contributed by atoms with Crippen LogP contribution in [0.1, 0.15) is 31.7 Å². The van der Waals surface area contributed by atoms with Gasteiger partial charge in [-0.3, -0.25) is 4.79 Å². The van der Waals surface area contributed by atoms with Gasteiger partial charge in [-0.1, -0.05) is 36.2 Å². The van der Waals surface area contributed by atoms with E-state index in [-0.39, 0.29) is 11.7 Å². The summed E-state index contributed by atoms with van der Waals surface area (Å²) in [5.41, 5.74) is 0.547. The maximum atomic E-state index is 12.2. The topological polar surface area (TPSA) is 81.9 Å². The molecule has 9 heteroatoms. The van der Waals surface area contributed by atoms with E-state index < -0.39 is 0 Å². The number of carbonyl (C=O) groups is 1. The second-order valence-corrected chi connectivity index (χ2v) is 6.90. The molecule has 1 aliphatic carbocycles. The fraction of sp³-hybridized carbons (Fsp3) is 0.467. The van der Waals surface area contributed by atoms with Gasteiger partial charge in [-0.15, -0.1) is 5.10 Å². The van der Waals surface area contributed by atoms with Gasteiger partial charge in [0, 0.05) is 5.02 Å². The Morgan fingerprint density at radius 1 is 1.46 bits per heavy atom. The highest BCUT2D eigenvalue weighted by Gasteiger charge is 2.22. The summed E-state index contributed by atoms with van der Waals surface area (Å²) in [7, 11) is 1.55. The lowest BCUT2D eigenvalue weighted by Crippen LogP contribution is -2.16. The number of tetrazole rings is 1. The van der Waals surface area contributed by atoms with E-state index in [0.717, 1.165) is 12.8 Å². The summed E-state index contributed by atoms with van der Waals surface area (Å²) in [6, 6.07) is 5.43. The minimum atomic E-state index is -0.165. The Kier molecular flexibility index (Phi) is 5.57. The first-order valence-corrected chi connectivity index (χ1v) is 9.08. The number of anilines is 1. The van der Waals surface area contributed by atoms with Gasteiger partial charge in [0.2, 0.25) is 11.1 Å². The molecule has 0 unspecified atom stereocenters. The molecule has 0 atom stereocenters. The second kappa shape index (κ2) is 7.85. The quantitative estimate of drug-likeness (QED) is 0.789. The van der Waals surface area contributed by atoms with Gasteiger partial charge in [-0.2, -0.15) is 0 Å². The lowest BCUT2D eigenvalue weighted by Gasteiger charge is -2.12. The zero-order valence-electron chi connectivity index (χ0n) is 13.2. The Bertz CT molecular complexity index is 718. The number of nitrogens with zero attached hydrogens (tertiary/aromatic N) is 4. The summed E-state index contributed by atoms with van der Waals surface area (Å²) in [5, 5.41) is 15.8. The van der Waals surface area contributed by atoms with Crippen LogP contribution in [0.5, 0.6) is 5.75 Å². The molecule has 3 rings (SSSR count). The van der Waals surface area contributed by atoms with Crippen LogP contribution in [0.15, 0.2) is 23.4 Å². The SMILES string of the molecule is COc1ccc(Cl)cc1NC(=O)CSc1nnnn1C1CCCC1. The molecule has 1 N–H and O–H groups in total. The molecule has 0 aliphatic heterocycles. The van der Waals surface area contributed by atoms with Crippen molar-refractivity contribution in [1.29, 1.82) is 0 Å². The van der Waals surface area contributed by atoms with E-state index in [4.69, 9.17) is 16.3 Å². The first kappa shape index (κ1) is 17.0. The average Bonchev–Trinajstić information content (AvgIpc) is 3.24. The van der Waals surface area contributed by atoms with Gasteiger partial charge < -0.3 is 10.1 Å². The number of halogens is 1. The number of hydrogen-bond donors (Lipinski definition) is 1. The van der Waals surface area contributed by atoms with E-state index in [9.17, 15) is 4.79 Å². The molecule has 0 spiro atoms. The lowest BCUT2D eigenvalue weighted by molar-refractivity contribution is -0.113. The maximum absolute atomic E-state index is 12.2. The highest BCUT2D eigenvalue weighted by molar-refractivity contribution is 7.99. The summed E-state index contributed by atoms with van der Waals surface area (Å²) in [4.78, 5) is 12.2. The van der Waals surface area contributed by atoms with Crippen LogP contribution in [-0.2, 0) is 4.79 Å². The lowest BCUT2D eigenvalue weighted by atomic mass is 10.3. The molecule has 1 aliphatic rings. The van der Waals surface area contributed by atoms with Gasteiger partial charge >= 0.3 is 0 Å². The molecule has 24 heavy (non-hydrogen) atoms. The summed E-state index contributed by atoms with van der Waals surface area (Å²) in [6.45, 7) is 0. The number of thioether (sulfide) groups is 1. The second-order valence-electron chi connectivity index (χ2n) is 5.53. The van der Waals surface area contributed by atoms with Crippen molar-refractivity contribution in [2.45, 2.75) is 36.9 Å². The minimum Gasteiger partial charge on any atom is -0.495 e. The third kappa shape index (κ3) is 3.99. The van der Waals surface area contributed by atoms with E-state index in [1.807, 2.05) is 4.68 Å². The average molecular weight is 368 g/mol. The Balaban J connectivity index is 1.60.